The molecule has 0 aliphatic carbocycles. The molecule has 4 rings (SSSR count). The van der Waals surface area contributed by atoms with Gasteiger partial charge in [0, 0.05) is 34.0 Å². The quantitative estimate of drug-likeness (QED) is 0.212. The summed E-state index contributed by atoms with van der Waals surface area (Å²) in [5.41, 5.74) is 0.686. The minimum absolute atomic E-state index is 0.0306. The van der Waals surface area contributed by atoms with Crippen LogP contribution in [0.25, 0.3) is 0 Å². The average Bonchev–Trinajstić information content (AvgIpc) is 2.94. The monoisotopic (exact) mass is 653 g/mol. The van der Waals surface area contributed by atoms with Gasteiger partial charge in [-0.1, -0.05) is 34.8 Å². The largest absolute Gasteiger partial charge is 0.495 e. The standard InChI is InChI=1S/C27H22Cl3N3O6S2/c1-33(22-11-6-19(29)7-12-22)41(37,38)25-15-17(3-13-23(25)30)27(34)31-21-10-14-24(39-2)26(16-21)40(35,36)32-20-8-4-18(28)5-9-20/h3-16,32H,1-2H3,(H,31,34). The Hall–Kier alpha value is -3.48. The molecular formula is C27H22Cl3N3O6S2. The van der Waals surface area contributed by atoms with Crippen LogP contribution in [0.1, 0.15) is 10.4 Å². The number of hydrogen-bond donors (Lipinski definition) is 2. The van der Waals surface area contributed by atoms with Gasteiger partial charge in [0.2, 0.25) is 0 Å². The lowest BCUT2D eigenvalue weighted by Crippen LogP contribution is -2.27. The van der Waals surface area contributed by atoms with E-state index in [1.165, 1.54) is 80.9 Å². The van der Waals surface area contributed by atoms with Crippen LogP contribution in [0.5, 0.6) is 5.75 Å². The Morgan fingerprint density at radius 3 is 1.95 bits per heavy atom. The smallest absolute Gasteiger partial charge is 0.265 e. The number of benzene rings is 4. The van der Waals surface area contributed by atoms with Crippen molar-refractivity contribution in [3.8, 4) is 5.75 Å². The van der Waals surface area contributed by atoms with Gasteiger partial charge in [0.15, 0.2) is 0 Å². The van der Waals surface area contributed by atoms with Crippen molar-refractivity contribution in [3.63, 3.8) is 0 Å². The number of nitrogens with zero attached hydrogens (tertiary/aromatic N) is 1. The van der Waals surface area contributed by atoms with Gasteiger partial charge < -0.3 is 10.1 Å². The molecule has 0 saturated heterocycles. The van der Waals surface area contributed by atoms with E-state index in [0.29, 0.717) is 15.7 Å². The first-order chi connectivity index (χ1) is 19.3. The summed E-state index contributed by atoms with van der Waals surface area (Å²) in [6.45, 7) is 0. The zero-order chi connectivity index (χ0) is 29.9. The van der Waals surface area contributed by atoms with Crippen LogP contribution >= 0.6 is 34.8 Å². The molecule has 4 aromatic rings. The molecule has 0 heterocycles. The summed E-state index contributed by atoms with van der Waals surface area (Å²) in [5.74, 6) is -0.666. The van der Waals surface area contributed by atoms with Gasteiger partial charge >= 0.3 is 0 Å². The van der Waals surface area contributed by atoms with Gasteiger partial charge in [-0.05, 0) is 84.9 Å². The molecule has 14 heteroatoms. The van der Waals surface area contributed by atoms with Crippen molar-refractivity contribution in [2.45, 2.75) is 9.79 Å². The maximum atomic E-state index is 13.3. The molecule has 1 amide bonds. The van der Waals surface area contributed by atoms with Crippen molar-refractivity contribution < 1.29 is 26.4 Å². The lowest BCUT2D eigenvalue weighted by molar-refractivity contribution is 0.102. The SMILES string of the molecule is COc1ccc(NC(=O)c2ccc(Cl)c(S(=O)(=O)N(C)c3ccc(Cl)cc3)c2)cc1S(=O)(=O)Nc1ccc(Cl)cc1. The maximum Gasteiger partial charge on any atom is 0.265 e. The third-order valence-corrected chi connectivity index (χ3v) is 10.0. The molecule has 2 N–H and O–H groups in total. The minimum Gasteiger partial charge on any atom is -0.495 e. The average molecular weight is 655 g/mol. The van der Waals surface area contributed by atoms with E-state index in [1.54, 1.807) is 12.1 Å². The zero-order valence-electron chi connectivity index (χ0n) is 21.4. The highest BCUT2D eigenvalue weighted by molar-refractivity contribution is 7.93. The second-order valence-corrected chi connectivity index (χ2v) is 13.4. The summed E-state index contributed by atoms with van der Waals surface area (Å²) in [6.07, 6.45) is 0. The van der Waals surface area contributed by atoms with Crippen LogP contribution < -0.4 is 19.1 Å². The second kappa shape index (κ2) is 12.2. The third-order valence-electron chi connectivity index (χ3n) is 5.83. The summed E-state index contributed by atoms with van der Waals surface area (Å²) in [4.78, 5) is 12.6. The van der Waals surface area contributed by atoms with Crippen molar-refractivity contribution >= 4 is 77.8 Å². The Kier molecular flexibility index (Phi) is 9.05. The molecule has 0 unspecified atom stereocenters. The zero-order valence-corrected chi connectivity index (χ0v) is 25.3. The van der Waals surface area contributed by atoms with Gasteiger partial charge in [-0.3, -0.25) is 13.8 Å². The van der Waals surface area contributed by atoms with E-state index in [1.807, 2.05) is 0 Å². The van der Waals surface area contributed by atoms with E-state index in [2.05, 4.69) is 10.0 Å². The van der Waals surface area contributed by atoms with Gasteiger partial charge in [0.25, 0.3) is 26.0 Å². The van der Waals surface area contributed by atoms with Gasteiger partial charge in [-0.2, -0.15) is 0 Å². The lowest BCUT2D eigenvalue weighted by atomic mass is 10.2. The molecule has 0 aliphatic rings. The van der Waals surface area contributed by atoms with Crippen molar-refractivity contribution in [1.82, 2.24) is 0 Å². The highest BCUT2D eigenvalue weighted by Gasteiger charge is 2.26. The first kappa shape index (κ1) is 30.5. The maximum absolute atomic E-state index is 13.3. The highest BCUT2D eigenvalue weighted by atomic mass is 35.5. The number of amides is 1. The summed E-state index contributed by atoms with van der Waals surface area (Å²) in [7, 11) is -5.65. The molecule has 4 aromatic carbocycles. The number of nitrogens with one attached hydrogen (secondary N) is 2. The van der Waals surface area contributed by atoms with Crippen LogP contribution in [0, 0.1) is 0 Å². The molecule has 0 aromatic heterocycles. The normalized spacial score (nSPS) is 11.5. The van der Waals surface area contributed by atoms with Gasteiger partial charge in [0.1, 0.15) is 15.5 Å². The number of halogens is 3. The third kappa shape index (κ3) is 6.88. The Morgan fingerprint density at radius 1 is 0.756 bits per heavy atom. The fourth-order valence-corrected chi connectivity index (χ4v) is 6.88. The van der Waals surface area contributed by atoms with Crippen LogP contribution in [-0.2, 0) is 20.0 Å². The van der Waals surface area contributed by atoms with Gasteiger partial charge in [-0.25, -0.2) is 16.8 Å². The molecule has 0 fully saturated rings. The van der Waals surface area contributed by atoms with Gasteiger partial charge in [0.05, 0.1) is 17.8 Å². The molecule has 0 atom stereocenters. The van der Waals surface area contributed by atoms with Crippen LogP contribution in [-0.4, -0.2) is 36.9 Å². The molecular weight excluding hydrogens is 633 g/mol. The fourth-order valence-electron chi connectivity index (χ4n) is 3.68. The van der Waals surface area contributed by atoms with Crippen LogP contribution in [0.2, 0.25) is 15.1 Å². The summed E-state index contributed by atoms with van der Waals surface area (Å²) >= 11 is 18.0. The van der Waals surface area contributed by atoms with Crippen molar-refractivity contribution in [3.05, 3.63) is 106 Å². The first-order valence-corrected chi connectivity index (χ1v) is 15.7. The molecule has 9 nitrogen and oxygen atoms in total. The van der Waals surface area contributed by atoms with E-state index in [4.69, 9.17) is 39.5 Å². The molecule has 214 valence electrons. The van der Waals surface area contributed by atoms with Crippen molar-refractivity contribution in [1.29, 1.82) is 0 Å². The summed E-state index contributed by atoms with van der Waals surface area (Å²) in [5, 5.41) is 3.37. The van der Waals surface area contributed by atoms with Crippen LogP contribution in [0.15, 0.2) is 94.7 Å². The predicted octanol–water partition coefficient (Wildman–Crippen LogP) is 6.53. The number of carbonyl (C=O) groups excluding carboxylic acids is 1. The fraction of sp³-hybridized carbons (Fsp3) is 0.0741. The van der Waals surface area contributed by atoms with E-state index < -0.39 is 26.0 Å². The van der Waals surface area contributed by atoms with E-state index >= 15 is 0 Å². The summed E-state index contributed by atoms with van der Waals surface area (Å²) in [6, 6.07) is 20.0. The van der Waals surface area contributed by atoms with Gasteiger partial charge in [-0.15, -0.1) is 0 Å². The number of rotatable bonds is 9. The molecule has 0 radical (unpaired) electrons. The van der Waals surface area contributed by atoms with Crippen molar-refractivity contribution in [2.24, 2.45) is 0 Å². The van der Waals surface area contributed by atoms with Crippen LogP contribution in [0.3, 0.4) is 0 Å². The topological polar surface area (TPSA) is 122 Å². The Morgan fingerprint density at radius 2 is 1.34 bits per heavy atom. The predicted molar refractivity (Wildman–Crippen MR) is 162 cm³/mol. The Balaban J connectivity index is 1.62. The summed E-state index contributed by atoms with van der Waals surface area (Å²) < 4.78 is 61.6. The first-order valence-electron chi connectivity index (χ1n) is 11.6. The Labute approximate surface area is 252 Å². The van der Waals surface area contributed by atoms with E-state index in [-0.39, 0.29) is 37.5 Å². The molecule has 0 spiro atoms. The number of methoxy groups -OCH3 is 1. The molecule has 0 bridgehead atoms. The van der Waals surface area contributed by atoms with Crippen LogP contribution in [0.4, 0.5) is 17.1 Å². The molecule has 41 heavy (non-hydrogen) atoms. The molecule has 0 saturated carbocycles. The second-order valence-electron chi connectivity index (χ2n) is 8.53. The number of hydrogen-bond acceptors (Lipinski definition) is 6. The minimum atomic E-state index is -4.17. The Bertz CT molecular complexity index is 1820. The van der Waals surface area contributed by atoms with E-state index in [9.17, 15) is 21.6 Å². The number of carbonyl (C=O) groups is 1. The van der Waals surface area contributed by atoms with Crippen molar-refractivity contribution in [2.75, 3.05) is 28.5 Å². The number of ether oxygens (including phenoxy) is 1. The number of anilines is 3. The molecule has 0 aliphatic heterocycles. The highest BCUT2D eigenvalue weighted by Crippen LogP contribution is 2.31. The lowest BCUT2D eigenvalue weighted by Gasteiger charge is -2.20. The number of sulfonamides is 2. The van der Waals surface area contributed by atoms with E-state index in [0.717, 1.165) is 10.4 Å².